The molecule has 0 unspecified atom stereocenters. The molecule has 0 aromatic heterocycles. The van der Waals surface area contributed by atoms with E-state index in [1.807, 2.05) is 26.0 Å². The predicted octanol–water partition coefficient (Wildman–Crippen LogP) is 1.90. The summed E-state index contributed by atoms with van der Waals surface area (Å²) in [5, 5.41) is 9.53. The lowest BCUT2D eigenvalue weighted by molar-refractivity contribution is 0.466. The first-order valence-corrected chi connectivity index (χ1v) is 4.64. The monoisotopic (exact) mass is 179 g/mol. The number of hydrogen-bond acceptors (Lipinski definition) is 2. The van der Waals surface area contributed by atoms with Crippen LogP contribution < -0.4 is 5.73 Å². The first-order valence-electron chi connectivity index (χ1n) is 4.64. The van der Waals surface area contributed by atoms with Crippen LogP contribution in [0, 0.1) is 13.8 Å². The van der Waals surface area contributed by atoms with Crippen molar-refractivity contribution in [1.29, 1.82) is 0 Å². The van der Waals surface area contributed by atoms with E-state index >= 15 is 0 Å². The van der Waals surface area contributed by atoms with Crippen molar-refractivity contribution in [3.8, 4) is 5.75 Å². The Morgan fingerprint density at radius 2 is 1.77 bits per heavy atom. The van der Waals surface area contributed by atoms with E-state index in [0.29, 0.717) is 5.75 Å². The van der Waals surface area contributed by atoms with Crippen LogP contribution in [0.1, 0.15) is 23.1 Å². The molecule has 0 aliphatic carbocycles. The lowest BCUT2D eigenvalue weighted by atomic mass is 10.0. The molecular formula is C11H17NO. The zero-order valence-electron chi connectivity index (χ0n) is 8.30. The van der Waals surface area contributed by atoms with Crippen LogP contribution >= 0.6 is 0 Å². The van der Waals surface area contributed by atoms with Crippen LogP contribution in [0.2, 0.25) is 0 Å². The van der Waals surface area contributed by atoms with Crippen molar-refractivity contribution >= 4 is 0 Å². The Morgan fingerprint density at radius 3 is 2.23 bits per heavy atom. The third kappa shape index (κ3) is 2.46. The van der Waals surface area contributed by atoms with E-state index in [1.54, 1.807) is 0 Å². The van der Waals surface area contributed by atoms with E-state index < -0.39 is 0 Å². The van der Waals surface area contributed by atoms with Crippen molar-refractivity contribution in [3.05, 3.63) is 28.8 Å². The molecule has 13 heavy (non-hydrogen) atoms. The molecule has 2 heteroatoms. The number of phenols is 1. The minimum Gasteiger partial charge on any atom is -0.507 e. The lowest BCUT2D eigenvalue weighted by Gasteiger charge is -2.07. The summed E-state index contributed by atoms with van der Waals surface area (Å²) < 4.78 is 0. The number of hydrogen-bond donors (Lipinski definition) is 2. The Balaban J connectivity index is 2.86. The topological polar surface area (TPSA) is 46.2 Å². The van der Waals surface area contributed by atoms with Gasteiger partial charge < -0.3 is 10.8 Å². The first-order chi connectivity index (χ1) is 6.15. The van der Waals surface area contributed by atoms with E-state index in [4.69, 9.17) is 5.73 Å². The van der Waals surface area contributed by atoms with Gasteiger partial charge in [-0.3, -0.25) is 0 Å². The van der Waals surface area contributed by atoms with Gasteiger partial charge in [-0.2, -0.15) is 0 Å². The smallest absolute Gasteiger partial charge is 0.121 e. The van der Waals surface area contributed by atoms with Crippen molar-refractivity contribution in [2.75, 3.05) is 6.54 Å². The molecule has 0 bridgehead atoms. The Bertz CT molecular complexity index is 271. The highest BCUT2D eigenvalue weighted by Crippen LogP contribution is 2.23. The molecule has 0 fully saturated rings. The van der Waals surface area contributed by atoms with Crippen molar-refractivity contribution in [3.63, 3.8) is 0 Å². The summed E-state index contributed by atoms with van der Waals surface area (Å²) in [7, 11) is 0. The second kappa shape index (κ2) is 4.28. The molecule has 1 rings (SSSR count). The van der Waals surface area contributed by atoms with Crippen LogP contribution in [-0.4, -0.2) is 11.7 Å². The molecular weight excluding hydrogens is 162 g/mol. The van der Waals surface area contributed by atoms with Crippen molar-refractivity contribution in [2.45, 2.75) is 26.7 Å². The first kappa shape index (κ1) is 10.1. The third-order valence-electron chi connectivity index (χ3n) is 2.22. The molecule has 3 N–H and O–H groups in total. The van der Waals surface area contributed by atoms with Crippen LogP contribution in [-0.2, 0) is 6.42 Å². The van der Waals surface area contributed by atoms with E-state index in [2.05, 4.69) is 0 Å². The molecule has 2 nitrogen and oxygen atoms in total. The van der Waals surface area contributed by atoms with Crippen LogP contribution in [0.5, 0.6) is 5.75 Å². The number of rotatable bonds is 3. The SMILES string of the molecule is Cc1cc(CCCN)cc(C)c1O. The second-order valence-electron chi connectivity index (χ2n) is 3.47. The van der Waals surface area contributed by atoms with E-state index in [9.17, 15) is 5.11 Å². The summed E-state index contributed by atoms with van der Waals surface area (Å²) in [6.45, 7) is 4.57. The van der Waals surface area contributed by atoms with Gasteiger partial charge in [0.1, 0.15) is 5.75 Å². The average molecular weight is 179 g/mol. The standard InChI is InChI=1S/C11H17NO/c1-8-6-10(4-3-5-12)7-9(2)11(8)13/h6-7,13H,3-5,12H2,1-2H3. The van der Waals surface area contributed by atoms with Gasteiger partial charge in [-0.1, -0.05) is 12.1 Å². The zero-order valence-corrected chi connectivity index (χ0v) is 8.30. The summed E-state index contributed by atoms with van der Waals surface area (Å²) >= 11 is 0. The van der Waals surface area contributed by atoms with E-state index in [0.717, 1.165) is 30.5 Å². The molecule has 0 heterocycles. The highest BCUT2D eigenvalue weighted by atomic mass is 16.3. The predicted molar refractivity (Wildman–Crippen MR) is 55.0 cm³/mol. The summed E-state index contributed by atoms with van der Waals surface area (Å²) in [6, 6.07) is 4.05. The lowest BCUT2D eigenvalue weighted by Crippen LogP contribution is -2.00. The Kier molecular flexibility index (Phi) is 3.32. The van der Waals surface area contributed by atoms with Gasteiger partial charge in [0.25, 0.3) is 0 Å². The summed E-state index contributed by atoms with van der Waals surface area (Å²) in [5.41, 5.74) is 8.60. The van der Waals surface area contributed by atoms with Crippen LogP contribution in [0.3, 0.4) is 0 Å². The summed E-state index contributed by atoms with van der Waals surface area (Å²) in [5.74, 6) is 0.413. The second-order valence-corrected chi connectivity index (χ2v) is 3.47. The van der Waals surface area contributed by atoms with Gasteiger partial charge in [0, 0.05) is 0 Å². The molecule has 0 aliphatic heterocycles. The fourth-order valence-electron chi connectivity index (χ4n) is 1.50. The van der Waals surface area contributed by atoms with Gasteiger partial charge in [-0.15, -0.1) is 0 Å². The quantitative estimate of drug-likeness (QED) is 0.744. The van der Waals surface area contributed by atoms with Crippen LogP contribution in [0.4, 0.5) is 0 Å². The highest BCUT2D eigenvalue weighted by molar-refractivity contribution is 5.42. The summed E-state index contributed by atoms with van der Waals surface area (Å²) in [6.07, 6.45) is 2.00. The number of nitrogens with two attached hydrogens (primary N) is 1. The van der Waals surface area contributed by atoms with E-state index in [-0.39, 0.29) is 0 Å². The molecule has 0 spiro atoms. The van der Waals surface area contributed by atoms with Crippen molar-refractivity contribution in [2.24, 2.45) is 5.73 Å². The fraction of sp³-hybridized carbons (Fsp3) is 0.455. The van der Waals surface area contributed by atoms with Crippen LogP contribution in [0.15, 0.2) is 12.1 Å². The number of aryl methyl sites for hydroxylation is 3. The molecule has 0 saturated heterocycles. The molecule has 0 aliphatic rings. The van der Waals surface area contributed by atoms with Crippen LogP contribution in [0.25, 0.3) is 0 Å². The molecule has 1 aromatic carbocycles. The Hall–Kier alpha value is -1.02. The zero-order chi connectivity index (χ0) is 9.84. The molecule has 1 aromatic rings. The van der Waals surface area contributed by atoms with Gasteiger partial charge in [0.05, 0.1) is 0 Å². The van der Waals surface area contributed by atoms with Gasteiger partial charge in [0.15, 0.2) is 0 Å². The normalized spacial score (nSPS) is 10.4. The minimum absolute atomic E-state index is 0.413. The highest BCUT2D eigenvalue weighted by Gasteiger charge is 2.02. The largest absolute Gasteiger partial charge is 0.507 e. The minimum atomic E-state index is 0.413. The molecule has 72 valence electrons. The maximum atomic E-state index is 9.53. The Labute approximate surface area is 79.4 Å². The molecule has 0 radical (unpaired) electrons. The maximum Gasteiger partial charge on any atom is 0.121 e. The maximum absolute atomic E-state index is 9.53. The number of phenolic OH excluding ortho intramolecular Hbond substituents is 1. The number of aromatic hydroxyl groups is 1. The third-order valence-corrected chi connectivity index (χ3v) is 2.22. The fourth-order valence-corrected chi connectivity index (χ4v) is 1.50. The molecule has 0 atom stereocenters. The molecule has 0 saturated carbocycles. The van der Waals surface area contributed by atoms with Gasteiger partial charge in [0.2, 0.25) is 0 Å². The van der Waals surface area contributed by atoms with E-state index in [1.165, 1.54) is 5.56 Å². The molecule has 0 amide bonds. The average Bonchev–Trinajstić information content (AvgIpc) is 2.10. The van der Waals surface area contributed by atoms with Gasteiger partial charge in [-0.05, 0) is 49.9 Å². The summed E-state index contributed by atoms with van der Waals surface area (Å²) in [4.78, 5) is 0. The van der Waals surface area contributed by atoms with Crippen molar-refractivity contribution in [1.82, 2.24) is 0 Å². The number of benzene rings is 1. The van der Waals surface area contributed by atoms with Gasteiger partial charge >= 0.3 is 0 Å². The van der Waals surface area contributed by atoms with Crippen molar-refractivity contribution < 1.29 is 5.11 Å². The Morgan fingerprint density at radius 1 is 1.23 bits per heavy atom. The van der Waals surface area contributed by atoms with Gasteiger partial charge in [-0.25, -0.2) is 0 Å².